The lowest BCUT2D eigenvalue weighted by Gasteiger charge is -2.24. The fourth-order valence-electron chi connectivity index (χ4n) is 3.55. The summed E-state index contributed by atoms with van der Waals surface area (Å²) < 4.78 is 1.97. The Labute approximate surface area is 152 Å². The summed E-state index contributed by atoms with van der Waals surface area (Å²) in [6.45, 7) is 0.621. The molecule has 0 aliphatic carbocycles. The summed E-state index contributed by atoms with van der Waals surface area (Å²) in [6.07, 6.45) is 5.46. The number of ketones is 1. The summed E-state index contributed by atoms with van der Waals surface area (Å²) in [5.74, 6) is -0.0520. The summed E-state index contributed by atoms with van der Waals surface area (Å²) in [7, 11) is 0. The van der Waals surface area contributed by atoms with E-state index in [2.05, 4.69) is 0 Å². The molecular weight excluding hydrogens is 324 g/mol. The van der Waals surface area contributed by atoms with Gasteiger partial charge in [0.1, 0.15) is 0 Å². The fraction of sp³-hybridized carbons (Fsp3) is 0.182. The third-order valence-electron chi connectivity index (χ3n) is 4.87. The maximum absolute atomic E-state index is 13.1. The van der Waals surface area contributed by atoms with Gasteiger partial charge in [-0.2, -0.15) is 0 Å². The minimum absolute atomic E-state index is 0.0259. The first kappa shape index (κ1) is 16.3. The number of hydrogen-bond acceptors (Lipinski definition) is 2. The van der Waals surface area contributed by atoms with E-state index in [1.165, 1.54) is 0 Å². The smallest absolute Gasteiger partial charge is 0.254 e. The van der Waals surface area contributed by atoms with Crippen molar-refractivity contribution in [3.63, 3.8) is 0 Å². The molecule has 1 unspecified atom stereocenters. The lowest BCUT2D eigenvalue weighted by Crippen LogP contribution is -2.40. The number of benzene rings is 2. The molecule has 1 amide bonds. The quantitative estimate of drug-likeness (QED) is 0.672. The Hall–Kier alpha value is -3.14. The molecule has 1 aliphatic heterocycles. The molecule has 4 nitrogen and oxygen atoms in total. The van der Waals surface area contributed by atoms with E-state index in [4.69, 9.17) is 0 Å². The van der Waals surface area contributed by atoms with Crippen LogP contribution < -0.4 is 0 Å². The van der Waals surface area contributed by atoms with Gasteiger partial charge in [0.15, 0.2) is 5.78 Å². The third kappa shape index (κ3) is 3.06. The fourth-order valence-corrected chi connectivity index (χ4v) is 3.55. The molecule has 3 aromatic rings. The lowest BCUT2D eigenvalue weighted by atomic mass is 10.0. The zero-order chi connectivity index (χ0) is 17.9. The molecule has 4 rings (SSSR count). The maximum atomic E-state index is 13.1. The molecule has 0 spiro atoms. The Morgan fingerprint density at radius 1 is 0.846 bits per heavy atom. The van der Waals surface area contributed by atoms with Gasteiger partial charge in [-0.1, -0.05) is 36.4 Å². The third-order valence-corrected chi connectivity index (χ3v) is 4.87. The molecule has 0 saturated carbocycles. The molecule has 130 valence electrons. The summed E-state index contributed by atoms with van der Waals surface area (Å²) in [5, 5.41) is 0. The monoisotopic (exact) mass is 344 g/mol. The Kier molecular flexibility index (Phi) is 4.40. The maximum Gasteiger partial charge on any atom is 0.254 e. The number of rotatable bonds is 4. The van der Waals surface area contributed by atoms with Gasteiger partial charge in [-0.25, -0.2) is 0 Å². The second-order valence-electron chi connectivity index (χ2n) is 6.53. The summed E-state index contributed by atoms with van der Waals surface area (Å²) in [6, 6.07) is 20.3. The average molecular weight is 344 g/mol. The molecule has 0 radical (unpaired) electrons. The molecular formula is C22H20N2O2. The molecule has 1 fully saturated rings. The van der Waals surface area contributed by atoms with Crippen molar-refractivity contribution in [1.29, 1.82) is 0 Å². The van der Waals surface area contributed by atoms with E-state index in [1.807, 2.05) is 83.7 Å². The topological polar surface area (TPSA) is 42.3 Å². The van der Waals surface area contributed by atoms with E-state index in [0.717, 1.165) is 18.5 Å². The highest BCUT2D eigenvalue weighted by molar-refractivity contribution is 6.04. The van der Waals surface area contributed by atoms with Crippen LogP contribution in [0.15, 0.2) is 79.1 Å². The number of carbonyl (C=O) groups excluding carboxylic acids is 2. The van der Waals surface area contributed by atoms with E-state index in [1.54, 1.807) is 4.90 Å². The van der Waals surface area contributed by atoms with Crippen LogP contribution in [0.5, 0.6) is 0 Å². The van der Waals surface area contributed by atoms with Gasteiger partial charge in [0.2, 0.25) is 0 Å². The molecule has 4 heteroatoms. The van der Waals surface area contributed by atoms with Crippen molar-refractivity contribution in [2.45, 2.75) is 18.9 Å². The Morgan fingerprint density at radius 3 is 2.35 bits per heavy atom. The molecule has 0 bridgehead atoms. The normalized spacial score (nSPS) is 16.6. The largest absolute Gasteiger partial charge is 0.328 e. The van der Waals surface area contributed by atoms with Crippen LogP contribution in [0.25, 0.3) is 5.69 Å². The van der Waals surface area contributed by atoms with Crippen molar-refractivity contribution in [2.75, 3.05) is 6.54 Å². The predicted molar refractivity (Wildman–Crippen MR) is 101 cm³/mol. The predicted octanol–water partition coefficient (Wildman–Crippen LogP) is 3.96. The highest BCUT2D eigenvalue weighted by Crippen LogP contribution is 2.24. The van der Waals surface area contributed by atoms with Gasteiger partial charge in [-0.05, 0) is 43.2 Å². The average Bonchev–Trinajstić information content (AvgIpc) is 3.39. The second-order valence-corrected chi connectivity index (χ2v) is 6.53. The molecule has 2 heterocycles. The second kappa shape index (κ2) is 7.00. The van der Waals surface area contributed by atoms with Crippen LogP contribution in [0, 0.1) is 0 Å². The molecule has 0 N–H and O–H groups in total. The van der Waals surface area contributed by atoms with E-state index >= 15 is 0 Å². The van der Waals surface area contributed by atoms with Gasteiger partial charge in [0, 0.05) is 35.8 Å². The summed E-state index contributed by atoms with van der Waals surface area (Å²) in [4.78, 5) is 27.7. The van der Waals surface area contributed by atoms with Crippen LogP contribution in [0.1, 0.15) is 33.6 Å². The number of nitrogens with zero attached hydrogens (tertiary/aromatic N) is 2. The van der Waals surface area contributed by atoms with E-state index in [-0.39, 0.29) is 17.7 Å². The first-order chi connectivity index (χ1) is 12.7. The highest BCUT2D eigenvalue weighted by Gasteiger charge is 2.34. The van der Waals surface area contributed by atoms with Crippen LogP contribution in [0.2, 0.25) is 0 Å². The Morgan fingerprint density at radius 2 is 1.58 bits per heavy atom. The Bertz CT molecular complexity index is 916. The highest BCUT2D eigenvalue weighted by atomic mass is 16.2. The van der Waals surface area contributed by atoms with E-state index in [9.17, 15) is 9.59 Å². The number of Topliss-reactive ketones (excluding diaryl/α,β-unsaturated/α-hetero) is 1. The van der Waals surface area contributed by atoms with E-state index < -0.39 is 0 Å². The van der Waals surface area contributed by atoms with E-state index in [0.29, 0.717) is 17.7 Å². The zero-order valence-corrected chi connectivity index (χ0v) is 14.4. The van der Waals surface area contributed by atoms with Crippen molar-refractivity contribution in [3.8, 4) is 5.69 Å². The van der Waals surface area contributed by atoms with Crippen molar-refractivity contribution >= 4 is 11.7 Å². The van der Waals surface area contributed by atoms with Gasteiger partial charge in [0.25, 0.3) is 5.91 Å². The number of likely N-dealkylation sites (tertiary alicyclic amines) is 1. The van der Waals surface area contributed by atoms with Crippen LogP contribution >= 0.6 is 0 Å². The van der Waals surface area contributed by atoms with Crippen LogP contribution in [0.4, 0.5) is 0 Å². The van der Waals surface area contributed by atoms with Crippen LogP contribution in [-0.4, -0.2) is 33.7 Å². The summed E-state index contributed by atoms with van der Waals surface area (Å²) in [5.41, 5.74) is 2.22. The van der Waals surface area contributed by atoms with Gasteiger partial charge in [0.05, 0.1) is 6.04 Å². The minimum Gasteiger partial charge on any atom is -0.328 e. The van der Waals surface area contributed by atoms with Gasteiger partial charge < -0.3 is 9.47 Å². The lowest BCUT2D eigenvalue weighted by molar-refractivity contribution is 0.0671. The number of carbonyl (C=O) groups is 2. The summed E-state index contributed by atoms with van der Waals surface area (Å²) >= 11 is 0. The zero-order valence-electron chi connectivity index (χ0n) is 14.4. The van der Waals surface area contributed by atoms with Crippen LogP contribution in [-0.2, 0) is 0 Å². The van der Waals surface area contributed by atoms with Crippen molar-refractivity contribution in [3.05, 3.63) is 90.3 Å². The minimum atomic E-state index is -0.375. The molecule has 2 aromatic carbocycles. The van der Waals surface area contributed by atoms with Crippen LogP contribution in [0.3, 0.4) is 0 Å². The standard InChI is InChI=1S/C22H20N2O2/c25-21(17-8-2-1-3-9-17)20-12-7-15-24(20)22(26)18-10-6-11-19(16-18)23-13-4-5-14-23/h1-6,8-11,13-14,16,20H,7,12,15H2. The van der Waals surface area contributed by atoms with Gasteiger partial charge in [-0.15, -0.1) is 0 Å². The molecule has 1 aromatic heterocycles. The molecule has 26 heavy (non-hydrogen) atoms. The molecule has 1 saturated heterocycles. The van der Waals surface area contributed by atoms with Gasteiger partial charge in [-0.3, -0.25) is 9.59 Å². The number of aromatic nitrogens is 1. The Balaban J connectivity index is 1.59. The first-order valence-corrected chi connectivity index (χ1v) is 8.88. The molecule has 1 aliphatic rings. The number of hydrogen-bond donors (Lipinski definition) is 0. The molecule has 1 atom stereocenters. The first-order valence-electron chi connectivity index (χ1n) is 8.88. The number of amides is 1. The van der Waals surface area contributed by atoms with Crippen molar-refractivity contribution in [2.24, 2.45) is 0 Å². The van der Waals surface area contributed by atoms with Gasteiger partial charge >= 0.3 is 0 Å². The van der Waals surface area contributed by atoms with Crippen molar-refractivity contribution in [1.82, 2.24) is 9.47 Å². The SMILES string of the molecule is O=C(c1ccccc1)C1CCCN1C(=O)c1cccc(-n2cccc2)c1. The van der Waals surface area contributed by atoms with Crippen molar-refractivity contribution < 1.29 is 9.59 Å².